The normalized spacial score (nSPS) is 11.5. The van der Waals surface area contributed by atoms with Gasteiger partial charge in [-0.15, -0.1) is 24.5 Å². The van der Waals surface area contributed by atoms with Gasteiger partial charge < -0.3 is 15.4 Å². The number of benzene rings is 4. The molecule has 0 aliphatic carbocycles. The third-order valence-corrected chi connectivity index (χ3v) is 10.2. The van der Waals surface area contributed by atoms with Crippen LogP contribution < -0.4 is 15.4 Å². The Balaban J connectivity index is 0.000000192. The van der Waals surface area contributed by atoms with Gasteiger partial charge in [-0.2, -0.15) is 28.5 Å². The fourth-order valence-electron chi connectivity index (χ4n) is 6.38. The van der Waals surface area contributed by atoms with Gasteiger partial charge in [-0.05, 0) is 92.2 Å². The minimum Gasteiger partial charge on any atom is -0.405 e. The van der Waals surface area contributed by atoms with E-state index in [4.69, 9.17) is 0 Å². The molecule has 0 spiro atoms. The van der Waals surface area contributed by atoms with Crippen LogP contribution in [0.2, 0.25) is 0 Å². The number of rotatable bonds is 9. The van der Waals surface area contributed by atoms with Crippen molar-refractivity contribution >= 4 is 34.8 Å². The van der Waals surface area contributed by atoms with Crippen molar-refractivity contribution in [1.29, 1.82) is 0 Å². The van der Waals surface area contributed by atoms with Gasteiger partial charge in [-0.1, -0.05) is 30.3 Å². The summed E-state index contributed by atoms with van der Waals surface area (Å²) in [5.74, 6) is -1.36. The molecular formula is C44H34F7N9O3S. The minimum absolute atomic E-state index is 0.00352. The zero-order chi connectivity index (χ0) is 45.9. The largest absolute Gasteiger partial charge is 0.573 e. The summed E-state index contributed by atoms with van der Waals surface area (Å²) in [5, 5.41) is 18.7. The van der Waals surface area contributed by atoms with Gasteiger partial charge in [-0.3, -0.25) is 19.0 Å². The second-order valence-corrected chi connectivity index (χ2v) is 15.2. The van der Waals surface area contributed by atoms with Gasteiger partial charge >= 0.3 is 12.5 Å². The smallest absolute Gasteiger partial charge is 0.405 e. The van der Waals surface area contributed by atoms with Gasteiger partial charge in [0.15, 0.2) is 5.82 Å². The maximum atomic E-state index is 13.5. The molecular weight excluding hydrogens is 868 g/mol. The zero-order valence-corrected chi connectivity index (χ0v) is 34.8. The van der Waals surface area contributed by atoms with Crippen LogP contribution in [0.25, 0.3) is 38.6 Å². The highest BCUT2D eigenvalue weighted by Gasteiger charge is 2.35. The number of thiazole rings is 1. The van der Waals surface area contributed by atoms with E-state index in [0.29, 0.717) is 23.0 Å². The van der Waals surface area contributed by atoms with Crippen LogP contribution in [0.15, 0.2) is 122 Å². The van der Waals surface area contributed by atoms with Crippen molar-refractivity contribution in [2.24, 2.45) is 14.1 Å². The number of halogens is 7. The number of alkyl halides is 6. The number of carbonyl (C=O) groups excluding carboxylic acids is 2. The number of nitrogens with zero attached hydrogens (tertiary/aromatic N) is 7. The summed E-state index contributed by atoms with van der Waals surface area (Å²) < 4.78 is 101. The molecule has 4 aromatic carbocycles. The highest BCUT2D eigenvalue weighted by Crippen LogP contribution is 2.39. The van der Waals surface area contributed by atoms with Gasteiger partial charge in [-0.25, -0.2) is 14.1 Å². The van der Waals surface area contributed by atoms with Crippen LogP contribution in [-0.2, 0) is 20.3 Å². The molecule has 20 heteroatoms. The molecule has 0 fully saturated rings. The van der Waals surface area contributed by atoms with Gasteiger partial charge in [0.05, 0.1) is 38.2 Å². The van der Waals surface area contributed by atoms with Crippen molar-refractivity contribution in [3.63, 3.8) is 0 Å². The molecule has 64 heavy (non-hydrogen) atoms. The van der Waals surface area contributed by atoms with E-state index in [0.717, 1.165) is 33.6 Å². The molecule has 0 unspecified atom stereocenters. The number of aromatic nitrogens is 7. The lowest BCUT2D eigenvalue weighted by molar-refractivity contribution is -0.274. The number of hydrogen-bond acceptors (Lipinski definition) is 8. The summed E-state index contributed by atoms with van der Waals surface area (Å²) in [6, 6.07) is 26.4. The Morgan fingerprint density at radius 3 is 1.88 bits per heavy atom. The van der Waals surface area contributed by atoms with E-state index in [-0.39, 0.29) is 33.6 Å². The highest BCUT2D eigenvalue weighted by atomic mass is 32.1. The Kier molecular flexibility index (Phi) is 12.5. The number of nitrogens with one attached hydrogen (secondary N) is 2. The predicted octanol–water partition coefficient (Wildman–Crippen LogP) is 10.7. The molecule has 4 aromatic heterocycles. The fourth-order valence-corrected chi connectivity index (χ4v) is 7.26. The molecule has 0 aliphatic rings. The Morgan fingerprint density at radius 2 is 1.28 bits per heavy atom. The molecule has 2 N–H and O–H groups in total. The fraction of sp³-hybridized carbons (Fsp3) is 0.136. The lowest BCUT2D eigenvalue weighted by Gasteiger charge is -2.14. The number of hydrogen-bond donors (Lipinski definition) is 2. The number of ether oxygens (including phenoxy) is 1. The van der Waals surface area contributed by atoms with Crippen molar-refractivity contribution in [2.45, 2.75) is 26.4 Å². The van der Waals surface area contributed by atoms with E-state index in [1.54, 1.807) is 39.5 Å². The van der Waals surface area contributed by atoms with E-state index in [9.17, 15) is 40.3 Å². The molecule has 12 nitrogen and oxygen atoms in total. The third kappa shape index (κ3) is 10.5. The summed E-state index contributed by atoms with van der Waals surface area (Å²) in [4.78, 5) is 31.0. The standard InChI is InChI=1S/C22H17F4N5O2.C22H17F3N4OS/c1-13-11-20(31(28-13)16-6-4-15(23)5-7-16)27-21(32)14-3-8-19(33-22(24,25)26)17(12-14)18-9-10-30(2)29-18;1-13-26-20(19(31-13)14-6-4-3-5-7-14)27-21(30)15-8-9-17(22(23,24)25)16(12-15)18-10-11-29(2)28-18/h3-12H,1-2H3,(H,27,32);3-12H,1-2H3,(H,27,30). The molecule has 0 atom stereocenters. The Labute approximate surface area is 363 Å². The summed E-state index contributed by atoms with van der Waals surface area (Å²) >= 11 is 1.43. The molecule has 0 saturated heterocycles. The van der Waals surface area contributed by atoms with E-state index in [1.165, 1.54) is 80.0 Å². The molecule has 4 heterocycles. The van der Waals surface area contributed by atoms with Crippen molar-refractivity contribution in [2.75, 3.05) is 10.6 Å². The first-order chi connectivity index (χ1) is 30.3. The van der Waals surface area contributed by atoms with E-state index >= 15 is 0 Å². The number of amides is 2. The summed E-state index contributed by atoms with van der Waals surface area (Å²) in [6.45, 7) is 3.54. The number of anilines is 2. The molecule has 0 radical (unpaired) electrons. The van der Waals surface area contributed by atoms with Crippen molar-refractivity contribution in [3.05, 3.63) is 155 Å². The second kappa shape index (κ2) is 18.0. The van der Waals surface area contributed by atoms with Gasteiger partial charge in [0.2, 0.25) is 0 Å². The summed E-state index contributed by atoms with van der Waals surface area (Å²) in [7, 11) is 3.23. The van der Waals surface area contributed by atoms with Crippen LogP contribution in [0.4, 0.5) is 42.4 Å². The lowest BCUT2D eigenvalue weighted by Crippen LogP contribution is -2.18. The quantitative estimate of drug-likeness (QED) is 0.138. The van der Waals surface area contributed by atoms with Crippen molar-refractivity contribution < 1.29 is 45.1 Å². The number of carbonyl (C=O) groups is 2. The molecule has 2 amide bonds. The first-order valence-electron chi connectivity index (χ1n) is 18.9. The van der Waals surface area contributed by atoms with Crippen molar-refractivity contribution in [3.8, 4) is 44.4 Å². The highest BCUT2D eigenvalue weighted by molar-refractivity contribution is 7.15. The Bertz CT molecular complexity index is 2950. The second-order valence-electron chi connectivity index (χ2n) is 14.0. The lowest BCUT2D eigenvalue weighted by atomic mass is 10.0. The van der Waals surface area contributed by atoms with Crippen LogP contribution in [0.1, 0.15) is 37.0 Å². The molecule has 0 saturated carbocycles. The third-order valence-electron chi connectivity index (χ3n) is 9.18. The van der Waals surface area contributed by atoms with E-state index in [2.05, 4.69) is 35.7 Å². The van der Waals surface area contributed by atoms with Crippen LogP contribution >= 0.6 is 11.3 Å². The Hall–Kier alpha value is -7.61. The predicted molar refractivity (Wildman–Crippen MR) is 225 cm³/mol. The van der Waals surface area contributed by atoms with Crippen LogP contribution in [0.5, 0.6) is 5.75 Å². The first kappa shape index (κ1) is 44.4. The average Bonchev–Trinajstić information content (AvgIpc) is 4.05. The van der Waals surface area contributed by atoms with Crippen LogP contribution in [-0.4, -0.2) is 52.5 Å². The zero-order valence-electron chi connectivity index (χ0n) is 34.0. The van der Waals surface area contributed by atoms with Crippen LogP contribution in [0.3, 0.4) is 0 Å². The Morgan fingerprint density at radius 1 is 0.688 bits per heavy atom. The first-order valence-corrected chi connectivity index (χ1v) is 19.7. The molecule has 328 valence electrons. The SMILES string of the molecule is Cc1cc(NC(=O)c2ccc(OC(F)(F)F)c(-c3ccn(C)n3)c2)n(-c2ccc(F)cc2)n1.Cc1nc(NC(=O)c2ccc(C(F)(F)F)c(-c3ccn(C)n3)c2)c(-c2ccccc2)s1. The topological polar surface area (TPSA) is 134 Å². The molecule has 0 aliphatic heterocycles. The monoisotopic (exact) mass is 901 g/mol. The molecule has 8 rings (SSSR count). The number of aryl methyl sites for hydroxylation is 4. The summed E-state index contributed by atoms with van der Waals surface area (Å²) in [6.07, 6.45) is -6.38. The average molecular weight is 902 g/mol. The van der Waals surface area contributed by atoms with Gasteiger partial charge in [0, 0.05) is 54.8 Å². The molecule has 8 aromatic rings. The maximum Gasteiger partial charge on any atom is 0.573 e. The van der Waals surface area contributed by atoms with Crippen molar-refractivity contribution in [1.82, 2.24) is 34.3 Å². The molecule has 0 bridgehead atoms. The minimum atomic E-state index is -4.91. The maximum absolute atomic E-state index is 13.5. The van der Waals surface area contributed by atoms with Crippen LogP contribution in [0, 0.1) is 19.7 Å². The van der Waals surface area contributed by atoms with Gasteiger partial charge in [0.25, 0.3) is 11.8 Å². The van der Waals surface area contributed by atoms with E-state index in [1.807, 2.05) is 37.3 Å². The summed E-state index contributed by atoms with van der Waals surface area (Å²) in [5.41, 5.74) is 1.51. The van der Waals surface area contributed by atoms with Gasteiger partial charge in [0.1, 0.15) is 17.4 Å². The van der Waals surface area contributed by atoms with E-state index < -0.39 is 41.5 Å².